The lowest BCUT2D eigenvalue weighted by Crippen LogP contribution is -2.34. The molecule has 0 spiro atoms. The summed E-state index contributed by atoms with van der Waals surface area (Å²) >= 11 is 0. The molecule has 2 aromatic heterocycles. The van der Waals surface area contributed by atoms with Gasteiger partial charge in [0.1, 0.15) is 11.9 Å². The lowest BCUT2D eigenvalue weighted by Gasteiger charge is -2.29. The van der Waals surface area contributed by atoms with E-state index in [1.807, 2.05) is 44.4 Å². The van der Waals surface area contributed by atoms with Crippen LogP contribution in [0.25, 0.3) is 0 Å². The van der Waals surface area contributed by atoms with Crippen molar-refractivity contribution in [2.45, 2.75) is 31.9 Å². The highest BCUT2D eigenvalue weighted by Gasteiger charge is 2.33. The first-order chi connectivity index (χ1) is 12.2. The van der Waals surface area contributed by atoms with E-state index in [-0.39, 0.29) is 18.1 Å². The molecule has 0 unspecified atom stereocenters. The minimum absolute atomic E-state index is 0.0203. The van der Waals surface area contributed by atoms with E-state index in [4.69, 9.17) is 4.74 Å². The Bertz CT molecular complexity index is 690. The second-order valence-electron chi connectivity index (χ2n) is 6.21. The lowest BCUT2D eigenvalue weighted by molar-refractivity contribution is 0.0953. The van der Waals surface area contributed by atoms with E-state index in [9.17, 15) is 4.79 Å². The summed E-state index contributed by atoms with van der Waals surface area (Å²) < 4.78 is 5.93. The van der Waals surface area contributed by atoms with Crippen molar-refractivity contribution in [3.05, 3.63) is 54.0 Å². The molecule has 6 heteroatoms. The van der Waals surface area contributed by atoms with Gasteiger partial charge in [0.25, 0.3) is 5.91 Å². The van der Waals surface area contributed by atoms with Crippen molar-refractivity contribution in [1.82, 2.24) is 15.3 Å². The Morgan fingerprint density at radius 3 is 2.92 bits per heavy atom. The molecule has 2 atom stereocenters. The fraction of sp³-hybridized carbons (Fsp3) is 0.421. The molecule has 1 fully saturated rings. The molecule has 6 nitrogen and oxygen atoms in total. The number of amides is 1. The van der Waals surface area contributed by atoms with Crippen LogP contribution in [0, 0.1) is 0 Å². The first-order valence-corrected chi connectivity index (χ1v) is 8.69. The average molecular weight is 340 g/mol. The van der Waals surface area contributed by atoms with E-state index >= 15 is 0 Å². The average Bonchev–Trinajstić information content (AvgIpc) is 3.16. The summed E-state index contributed by atoms with van der Waals surface area (Å²) in [5, 5.41) is 2.86. The fourth-order valence-electron chi connectivity index (χ4n) is 3.08. The molecule has 3 heterocycles. The Morgan fingerprint density at radius 1 is 1.36 bits per heavy atom. The molecule has 1 amide bonds. The summed E-state index contributed by atoms with van der Waals surface area (Å²) in [6.45, 7) is 3.41. The number of likely N-dealkylation sites (N-methyl/N-ethyl adjacent to an activating group) is 1. The zero-order valence-electron chi connectivity index (χ0n) is 14.7. The van der Waals surface area contributed by atoms with Crippen molar-refractivity contribution in [2.75, 3.05) is 25.1 Å². The van der Waals surface area contributed by atoms with Crippen LogP contribution in [0.15, 0.2) is 42.9 Å². The molecule has 25 heavy (non-hydrogen) atoms. The van der Waals surface area contributed by atoms with E-state index in [2.05, 4.69) is 20.2 Å². The second-order valence-corrected chi connectivity index (χ2v) is 6.21. The van der Waals surface area contributed by atoms with Gasteiger partial charge in [-0.15, -0.1) is 0 Å². The van der Waals surface area contributed by atoms with E-state index in [1.54, 1.807) is 12.4 Å². The molecule has 2 aromatic rings. The summed E-state index contributed by atoms with van der Waals surface area (Å²) in [6, 6.07) is 7.86. The standard InChI is InChI=1S/C19H24N4O2/c1-3-9-21-19(24)15-6-7-17(22-13-15)23(2)16-8-11-25-18(16)14-5-4-10-20-12-14/h4-7,10,12-13,16,18H,3,8-9,11H2,1-2H3,(H,21,24)/t16-,18+/m0/s1. The molecule has 3 rings (SSSR count). The highest BCUT2D eigenvalue weighted by atomic mass is 16.5. The van der Waals surface area contributed by atoms with Crippen LogP contribution in [-0.4, -0.2) is 42.1 Å². The number of rotatable bonds is 6. The number of carbonyl (C=O) groups is 1. The lowest BCUT2D eigenvalue weighted by atomic mass is 10.0. The maximum Gasteiger partial charge on any atom is 0.252 e. The van der Waals surface area contributed by atoms with Crippen LogP contribution in [0.5, 0.6) is 0 Å². The number of ether oxygens (including phenoxy) is 1. The first-order valence-electron chi connectivity index (χ1n) is 8.69. The number of nitrogens with one attached hydrogen (secondary N) is 1. The third-order valence-electron chi connectivity index (χ3n) is 4.48. The van der Waals surface area contributed by atoms with Crippen molar-refractivity contribution in [3.63, 3.8) is 0 Å². The second kappa shape index (κ2) is 8.07. The monoisotopic (exact) mass is 340 g/mol. The Hall–Kier alpha value is -2.47. The van der Waals surface area contributed by atoms with Gasteiger partial charge in [-0.05, 0) is 31.0 Å². The number of hydrogen-bond donors (Lipinski definition) is 1. The topological polar surface area (TPSA) is 67.4 Å². The van der Waals surface area contributed by atoms with Crippen LogP contribution < -0.4 is 10.2 Å². The minimum atomic E-state index is -0.0824. The van der Waals surface area contributed by atoms with Crippen molar-refractivity contribution >= 4 is 11.7 Å². The molecule has 1 aliphatic rings. The molecule has 1 N–H and O–H groups in total. The summed E-state index contributed by atoms with van der Waals surface area (Å²) in [5.74, 6) is 0.748. The SMILES string of the molecule is CCCNC(=O)c1ccc(N(C)[C@H]2CCO[C@@H]2c2cccnc2)nc1. The number of aromatic nitrogens is 2. The number of anilines is 1. The highest BCUT2D eigenvalue weighted by molar-refractivity contribution is 5.94. The van der Waals surface area contributed by atoms with E-state index in [0.717, 1.165) is 24.2 Å². The normalized spacial score (nSPS) is 19.6. The molecule has 0 aromatic carbocycles. The Labute approximate surface area is 148 Å². The van der Waals surface area contributed by atoms with Gasteiger partial charge >= 0.3 is 0 Å². The van der Waals surface area contributed by atoms with Gasteiger partial charge in [0.2, 0.25) is 0 Å². The molecular weight excluding hydrogens is 316 g/mol. The van der Waals surface area contributed by atoms with Crippen LogP contribution in [0.2, 0.25) is 0 Å². The molecule has 0 aliphatic carbocycles. The third kappa shape index (κ3) is 3.96. The smallest absolute Gasteiger partial charge is 0.252 e. The van der Waals surface area contributed by atoms with Crippen LogP contribution in [-0.2, 0) is 4.74 Å². The first kappa shape index (κ1) is 17.4. The molecule has 132 valence electrons. The number of nitrogens with zero attached hydrogens (tertiary/aromatic N) is 3. The Morgan fingerprint density at radius 2 is 2.24 bits per heavy atom. The fourth-order valence-corrected chi connectivity index (χ4v) is 3.08. The van der Waals surface area contributed by atoms with Gasteiger partial charge in [0, 0.05) is 44.4 Å². The molecule has 1 aliphatic heterocycles. The summed E-state index contributed by atoms with van der Waals surface area (Å²) in [5.41, 5.74) is 1.66. The van der Waals surface area contributed by atoms with Crippen molar-refractivity contribution in [2.24, 2.45) is 0 Å². The van der Waals surface area contributed by atoms with Gasteiger partial charge in [-0.1, -0.05) is 13.0 Å². The largest absolute Gasteiger partial charge is 0.371 e. The van der Waals surface area contributed by atoms with Gasteiger partial charge < -0.3 is 15.0 Å². The number of carbonyl (C=O) groups excluding carboxylic acids is 1. The van der Waals surface area contributed by atoms with Crippen molar-refractivity contribution in [3.8, 4) is 0 Å². The van der Waals surface area contributed by atoms with E-state index < -0.39 is 0 Å². The number of hydrogen-bond acceptors (Lipinski definition) is 5. The van der Waals surface area contributed by atoms with Gasteiger partial charge in [-0.3, -0.25) is 9.78 Å². The zero-order chi connectivity index (χ0) is 17.6. The van der Waals surface area contributed by atoms with E-state index in [0.29, 0.717) is 18.7 Å². The van der Waals surface area contributed by atoms with Gasteiger partial charge in [-0.25, -0.2) is 4.98 Å². The molecule has 1 saturated heterocycles. The van der Waals surface area contributed by atoms with E-state index in [1.165, 1.54) is 0 Å². The predicted molar refractivity (Wildman–Crippen MR) is 96.6 cm³/mol. The Kier molecular flexibility index (Phi) is 5.60. The van der Waals surface area contributed by atoms with Crippen molar-refractivity contribution < 1.29 is 9.53 Å². The molecular formula is C19H24N4O2. The van der Waals surface area contributed by atoms with Gasteiger partial charge in [0.05, 0.1) is 11.6 Å². The molecule has 0 radical (unpaired) electrons. The van der Waals surface area contributed by atoms with Gasteiger partial charge in [-0.2, -0.15) is 0 Å². The maximum atomic E-state index is 12.0. The van der Waals surface area contributed by atoms with Crippen LogP contribution in [0.3, 0.4) is 0 Å². The summed E-state index contributed by atoms with van der Waals surface area (Å²) in [4.78, 5) is 22.8. The minimum Gasteiger partial charge on any atom is -0.371 e. The quantitative estimate of drug-likeness (QED) is 0.875. The highest BCUT2D eigenvalue weighted by Crippen LogP contribution is 2.33. The predicted octanol–water partition coefficient (Wildman–Crippen LogP) is 2.58. The third-order valence-corrected chi connectivity index (χ3v) is 4.48. The molecule has 0 saturated carbocycles. The summed E-state index contributed by atoms with van der Waals surface area (Å²) in [6.07, 6.45) is 7.07. The molecule has 0 bridgehead atoms. The van der Waals surface area contributed by atoms with Gasteiger partial charge in [0.15, 0.2) is 0 Å². The number of pyridine rings is 2. The zero-order valence-corrected chi connectivity index (χ0v) is 14.7. The van der Waals surface area contributed by atoms with Crippen LogP contribution in [0.1, 0.15) is 41.8 Å². The van der Waals surface area contributed by atoms with Crippen molar-refractivity contribution in [1.29, 1.82) is 0 Å². The van der Waals surface area contributed by atoms with Crippen LogP contribution >= 0.6 is 0 Å². The Balaban J connectivity index is 1.72. The maximum absolute atomic E-state index is 12.0. The van der Waals surface area contributed by atoms with Crippen LogP contribution in [0.4, 0.5) is 5.82 Å². The summed E-state index contributed by atoms with van der Waals surface area (Å²) in [7, 11) is 2.02.